The fraction of sp³-hybridized carbons (Fsp3) is 0.492. The number of allylic oxidation sites excluding steroid dienone is 3. The van der Waals surface area contributed by atoms with Crippen molar-refractivity contribution < 1.29 is 19.5 Å². The normalized spacial score (nSPS) is 11.2. The van der Waals surface area contributed by atoms with E-state index >= 15 is 0 Å². The lowest BCUT2D eigenvalue weighted by atomic mass is 9.84. The molecule has 3 aromatic carbocycles. The van der Waals surface area contributed by atoms with Crippen LogP contribution in [0, 0.1) is 24.2 Å². The molecule has 0 aliphatic heterocycles. The van der Waals surface area contributed by atoms with E-state index in [1.807, 2.05) is 87.4 Å². The minimum Gasteiger partial charge on any atom is -0.396 e. The van der Waals surface area contributed by atoms with Gasteiger partial charge in [0.25, 0.3) is 0 Å². The van der Waals surface area contributed by atoms with Gasteiger partial charge in [-0.3, -0.25) is 21.4 Å². The number of aliphatic hydroxyl groups excluding tert-OH is 1. The number of hydrogen-bond acceptors (Lipinski definition) is 11. The highest BCUT2D eigenvalue weighted by Crippen LogP contribution is 2.41. The Kier molecular flexibility index (Phi) is 42.8. The van der Waals surface area contributed by atoms with Crippen molar-refractivity contribution >= 4 is 52.3 Å². The van der Waals surface area contributed by atoms with E-state index in [1.165, 1.54) is 55.5 Å². The van der Waals surface area contributed by atoms with Gasteiger partial charge in [0.2, 0.25) is 5.91 Å². The van der Waals surface area contributed by atoms with Gasteiger partial charge in [-0.1, -0.05) is 179 Å². The molecule has 5 aromatic rings. The van der Waals surface area contributed by atoms with E-state index in [9.17, 15) is 14.7 Å². The highest BCUT2D eigenvalue weighted by Gasteiger charge is 2.27. The summed E-state index contributed by atoms with van der Waals surface area (Å²) in [5.74, 6) is 8.20. The average molecular weight is 1070 g/mol. The average Bonchev–Trinajstić information content (AvgIpc) is 4.02. The summed E-state index contributed by atoms with van der Waals surface area (Å²) in [6.07, 6.45) is 17.7. The lowest BCUT2D eigenvalue weighted by Gasteiger charge is -2.24. The number of unbranched alkanes of at least 4 members (excludes halogenated alkanes) is 2. The monoisotopic (exact) mass is 1070 g/mol. The second kappa shape index (κ2) is 43.5. The Hall–Kier alpha value is -5.54. The van der Waals surface area contributed by atoms with Gasteiger partial charge in [-0.05, 0) is 132 Å². The van der Waals surface area contributed by atoms with Crippen LogP contribution in [-0.4, -0.2) is 91.3 Å². The van der Waals surface area contributed by atoms with E-state index in [0.717, 1.165) is 74.3 Å². The van der Waals surface area contributed by atoms with Crippen LogP contribution in [0.1, 0.15) is 136 Å². The van der Waals surface area contributed by atoms with Crippen LogP contribution in [0.25, 0.3) is 39.4 Å². The summed E-state index contributed by atoms with van der Waals surface area (Å²) in [5.41, 5.74) is 16.5. The number of carbonyl (C=O) groups is 3. The molecule has 2 heterocycles. The molecule has 2 atom stereocenters. The largest absolute Gasteiger partial charge is 0.396 e. The Labute approximate surface area is 465 Å². The Bertz CT molecular complexity index is 2360. The van der Waals surface area contributed by atoms with E-state index in [-0.39, 0.29) is 35.8 Å². The number of primary amides is 1. The van der Waals surface area contributed by atoms with E-state index in [1.54, 1.807) is 29.7 Å². The number of nitrogens with one attached hydrogen (secondary N) is 1. The number of hydrazine groups is 1. The zero-order valence-electron chi connectivity index (χ0n) is 50.3. The molecule has 0 bridgehead atoms. The van der Waals surface area contributed by atoms with Crippen LogP contribution in [0.4, 0.5) is 5.00 Å². The second-order valence-corrected chi connectivity index (χ2v) is 20.3. The number of anilines is 1. The Morgan fingerprint density at radius 3 is 2.00 bits per heavy atom. The third-order valence-corrected chi connectivity index (χ3v) is 12.6. The molecule has 8 N–H and O–H groups in total. The molecule has 0 saturated carbocycles. The molecule has 426 valence electrons. The van der Waals surface area contributed by atoms with Crippen molar-refractivity contribution in [3.63, 3.8) is 0 Å². The molecule has 13 heteroatoms. The Morgan fingerprint density at radius 2 is 1.55 bits per heavy atom. The summed E-state index contributed by atoms with van der Waals surface area (Å²) in [5, 5.41) is 16.6. The molecule has 2 unspecified atom stereocenters. The van der Waals surface area contributed by atoms with Crippen LogP contribution in [0.2, 0.25) is 0 Å². The topological polar surface area (TPSA) is 186 Å². The number of aldehydes is 1. The molecule has 2 aromatic heterocycles. The first-order valence-corrected chi connectivity index (χ1v) is 27.8. The van der Waals surface area contributed by atoms with E-state index in [0.29, 0.717) is 0 Å². The lowest BCUT2D eigenvalue weighted by Crippen LogP contribution is -2.43. The molecule has 1 amide bonds. The van der Waals surface area contributed by atoms with Crippen LogP contribution in [0.5, 0.6) is 0 Å². The molecular formula is C63H104N8O4S. The maximum atomic E-state index is 10.9. The third kappa shape index (κ3) is 27.5. The molecular weight excluding hydrogens is 965 g/mol. The maximum Gasteiger partial charge on any atom is 0.235 e. The number of rotatable bonds is 22. The number of nitrogens with zero attached hydrogens (tertiary/aromatic N) is 4. The van der Waals surface area contributed by atoms with Gasteiger partial charge in [-0.15, -0.1) is 0 Å². The predicted molar refractivity (Wildman–Crippen MR) is 334 cm³/mol. The molecule has 0 radical (unpaired) electrons. The summed E-state index contributed by atoms with van der Waals surface area (Å²) in [6, 6.07) is 22.6. The molecule has 0 fully saturated rings. The number of likely N-dealkylation sites (N-methyl/N-ethyl adjacent to an activating group) is 1. The fourth-order valence-electron chi connectivity index (χ4n) is 8.31. The minimum atomic E-state index is -0.250. The smallest absolute Gasteiger partial charge is 0.235 e. The van der Waals surface area contributed by atoms with Crippen LogP contribution < -0.4 is 22.7 Å². The van der Waals surface area contributed by atoms with Gasteiger partial charge in [0.15, 0.2) is 0 Å². The van der Waals surface area contributed by atoms with Gasteiger partial charge in [0.1, 0.15) is 23.1 Å². The van der Waals surface area contributed by atoms with Crippen molar-refractivity contribution in [2.45, 2.75) is 147 Å². The summed E-state index contributed by atoms with van der Waals surface area (Å²) in [4.78, 5) is 37.8. The predicted octanol–water partition coefficient (Wildman–Crippen LogP) is 13.6. The molecule has 0 saturated heterocycles. The number of thiazole rings is 1. The van der Waals surface area contributed by atoms with E-state index in [4.69, 9.17) is 10.5 Å². The molecule has 12 nitrogen and oxygen atoms in total. The number of carbonyl (C=O) groups excluding carboxylic acids is 3. The zero-order valence-corrected chi connectivity index (χ0v) is 51.1. The standard InChI is InChI=1S/C39H52N2O2.C7H16N2O.C6H8N2S.C6H10.2C2H6.CH2O.H4N2/c1-8-41-37-19-18-31(33-21-29(3)20-30(22-33)15-11-9-10-14-28(2)26-42)23-35(37)36(24-39(4,5)27-43)38(41)34-17-13-12-16-32(34)25-40(6)7;1-5(2)6(7(8)10)9(3)4;1-3-5-8-4-6(7-2)9-5;1-3-5-6-4-2;4*1-2/h12-13,16-23,26,28,43H,8-11,14-15,24-25,27H2,1-7H3;5-6H,1-4H3,(H2,8,10);3-4,7H,1H2,2H3;3,5-6H,1,4H2,2H3;2*1-2H3;1H2;1-2H2/b;;;6-5+;;;;. The van der Waals surface area contributed by atoms with Crippen molar-refractivity contribution in [2.24, 2.45) is 34.7 Å². The molecule has 76 heavy (non-hydrogen) atoms. The number of aryl methyl sites for hydroxylation is 3. The summed E-state index contributed by atoms with van der Waals surface area (Å²) >= 11 is 1.59. The molecule has 0 aliphatic rings. The lowest BCUT2D eigenvalue weighted by molar-refractivity contribution is -0.123. The van der Waals surface area contributed by atoms with Gasteiger partial charge in [-0.2, -0.15) is 0 Å². The summed E-state index contributed by atoms with van der Waals surface area (Å²) in [7, 11) is 9.84. The summed E-state index contributed by atoms with van der Waals surface area (Å²) < 4.78 is 2.48. The van der Waals surface area contributed by atoms with Gasteiger partial charge < -0.3 is 35.2 Å². The number of aliphatic hydroxyl groups is 1. The number of amides is 1. The zero-order chi connectivity index (χ0) is 59.0. The first-order chi connectivity index (χ1) is 36.3. The first-order valence-electron chi connectivity index (χ1n) is 27.0. The van der Waals surface area contributed by atoms with Crippen LogP contribution in [-0.2, 0) is 40.3 Å². The van der Waals surface area contributed by atoms with Crippen molar-refractivity contribution in [1.82, 2.24) is 19.4 Å². The fourth-order valence-corrected chi connectivity index (χ4v) is 8.93. The van der Waals surface area contributed by atoms with E-state index in [2.05, 4.69) is 160 Å². The number of nitrogens with two attached hydrogens (primary N) is 3. The number of aromatic nitrogens is 2. The SMILES string of the molecule is C=C/C=C/CC.C=Cc1ncc(NC)s1.C=O.CC.CC.CC(C)C(C(N)=O)N(C)C.CCn1c(-c2ccccc2CN(C)C)c(CC(C)(C)CO)c2cc(-c3cc(C)cc(CCCCCC(C)C=O)c3)ccc21.NN. The number of hydrogen-bond donors (Lipinski definition) is 5. The molecule has 5 rings (SSSR count). The molecule has 0 aliphatic carbocycles. The maximum absolute atomic E-state index is 10.9. The second-order valence-electron chi connectivity index (χ2n) is 19.3. The van der Waals surface area contributed by atoms with Crippen molar-refractivity contribution in [2.75, 3.05) is 47.2 Å². The van der Waals surface area contributed by atoms with Crippen LogP contribution in [0.3, 0.4) is 0 Å². The highest BCUT2D eigenvalue weighted by molar-refractivity contribution is 7.16. The Morgan fingerprint density at radius 1 is 0.921 bits per heavy atom. The van der Waals surface area contributed by atoms with Crippen molar-refractivity contribution in [1.29, 1.82) is 0 Å². The first kappa shape index (κ1) is 74.7. The summed E-state index contributed by atoms with van der Waals surface area (Å²) in [6.45, 7) is 35.8. The van der Waals surface area contributed by atoms with Crippen molar-refractivity contribution in [3.8, 4) is 22.4 Å². The van der Waals surface area contributed by atoms with Crippen LogP contribution >= 0.6 is 11.3 Å². The van der Waals surface area contributed by atoms with Gasteiger partial charge in [0, 0.05) is 49.1 Å². The molecule has 0 spiro atoms. The highest BCUT2D eigenvalue weighted by atomic mass is 32.1. The Balaban J connectivity index is -0.00000131. The number of fused-ring (bicyclic) bond motifs is 1. The number of benzene rings is 3. The van der Waals surface area contributed by atoms with Crippen LogP contribution in [0.15, 0.2) is 98.2 Å². The van der Waals surface area contributed by atoms with Gasteiger partial charge in [-0.25, -0.2) is 4.98 Å². The van der Waals surface area contributed by atoms with Crippen molar-refractivity contribution in [3.05, 3.63) is 126 Å². The van der Waals surface area contributed by atoms with Gasteiger partial charge in [0.05, 0.1) is 17.9 Å². The van der Waals surface area contributed by atoms with Gasteiger partial charge >= 0.3 is 0 Å². The van der Waals surface area contributed by atoms with E-state index < -0.39 is 0 Å². The third-order valence-electron chi connectivity index (χ3n) is 11.6. The minimum absolute atomic E-state index is 0.138. The quantitative estimate of drug-likeness (QED) is 0.0147.